The molecule has 1 N–H and O–H groups in total. The van der Waals surface area contributed by atoms with Crippen molar-refractivity contribution in [1.82, 2.24) is 9.80 Å². The Hall–Kier alpha value is -3.17. The normalized spacial score (nSPS) is 27.3. The van der Waals surface area contributed by atoms with Crippen LogP contribution in [0.25, 0.3) is 0 Å². The number of likely N-dealkylation sites (tertiary alicyclic amines) is 1. The average Bonchev–Trinajstić information content (AvgIpc) is 3.55. The summed E-state index contributed by atoms with van der Waals surface area (Å²) >= 11 is 0. The molecule has 1 aromatic rings. The number of anilines is 1. The second-order valence-corrected chi connectivity index (χ2v) is 12.4. The van der Waals surface area contributed by atoms with Gasteiger partial charge >= 0.3 is 0 Å². The van der Waals surface area contributed by atoms with Crippen LogP contribution in [-0.2, 0) is 19.1 Å². The quantitative estimate of drug-likeness (QED) is 0.226. The number of hydrogen-bond acceptors (Lipinski definition) is 6. The molecule has 0 saturated carbocycles. The first kappa shape index (κ1) is 32.7. The molecule has 5 atom stereocenters. The summed E-state index contributed by atoms with van der Waals surface area (Å²) in [4.78, 5) is 48.5. The summed E-state index contributed by atoms with van der Waals surface area (Å²) in [5, 5.41) is 9.20. The number of fused-ring (bicyclic) bond motifs is 1. The number of aliphatic hydroxyl groups is 1. The second kappa shape index (κ2) is 13.6. The maximum absolute atomic E-state index is 14.6. The van der Waals surface area contributed by atoms with Gasteiger partial charge in [0.25, 0.3) is 0 Å². The summed E-state index contributed by atoms with van der Waals surface area (Å²) in [6, 6.07) is 6.43. The molecule has 9 nitrogen and oxygen atoms in total. The zero-order chi connectivity index (χ0) is 31.4. The molecule has 0 aromatic heterocycles. The van der Waals surface area contributed by atoms with E-state index in [-0.39, 0.29) is 36.9 Å². The fraction of sp³-hybridized carbons (Fsp3) is 0.618. The van der Waals surface area contributed by atoms with Crippen LogP contribution >= 0.6 is 0 Å². The number of hydrogen-bond donors (Lipinski definition) is 1. The third-order valence-corrected chi connectivity index (χ3v) is 9.35. The Balaban J connectivity index is 1.72. The van der Waals surface area contributed by atoms with Crippen LogP contribution in [0.1, 0.15) is 66.2 Å². The topological polar surface area (TPSA) is 99.6 Å². The lowest BCUT2D eigenvalue weighted by Gasteiger charge is -2.38. The van der Waals surface area contributed by atoms with Crippen LogP contribution < -0.4 is 9.64 Å². The van der Waals surface area contributed by atoms with E-state index in [1.54, 1.807) is 26.9 Å². The van der Waals surface area contributed by atoms with E-state index in [1.165, 1.54) is 0 Å². The van der Waals surface area contributed by atoms with E-state index in [0.717, 1.165) is 12.8 Å². The molecular formula is C34H49N3O6. The Morgan fingerprint density at radius 3 is 2.37 bits per heavy atom. The van der Waals surface area contributed by atoms with E-state index < -0.39 is 29.1 Å². The zero-order valence-corrected chi connectivity index (χ0v) is 26.3. The van der Waals surface area contributed by atoms with Gasteiger partial charge in [-0.05, 0) is 77.6 Å². The first-order valence-electron chi connectivity index (χ1n) is 15.8. The molecule has 2 unspecified atom stereocenters. The molecule has 2 bridgehead atoms. The van der Waals surface area contributed by atoms with Crippen molar-refractivity contribution in [2.75, 3.05) is 37.7 Å². The highest BCUT2D eigenvalue weighted by Crippen LogP contribution is 2.63. The van der Waals surface area contributed by atoms with Gasteiger partial charge in [-0.25, -0.2) is 0 Å². The maximum Gasteiger partial charge on any atom is 0.248 e. The van der Waals surface area contributed by atoms with Gasteiger partial charge < -0.3 is 29.3 Å². The highest BCUT2D eigenvalue weighted by atomic mass is 16.5. The summed E-state index contributed by atoms with van der Waals surface area (Å²) in [6.07, 6.45) is 7.56. The molecule has 0 aliphatic carbocycles. The van der Waals surface area contributed by atoms with Gasteiger partial charge in [0.15, 0.2) is 0 Å². The number of amides is 3. The molecule has 236 valence electrons. The van der Waals surface area contributed by atoms with Crippen LogP contribution in [0.5, 0.6) is 5.75 Å². The van der Waals surface area contributed by atoms with Gasteiger partial charge in [-0.15, -0.1) is 13.2 Å². The lowest BCUT2D eigenvalue weighted by molar-refractivity contribution is -0.152. The first-order valence-corrected chi connectivity index (χ1v) is 15.8. The van der Waals surface area contributed by atoms with Gasteiger partial charge in [-0.2, -0.15) is 0 Å². The lowest BCUT2D eigenvalue weighted by atomic mass is 9.66. The van der Waals surface area contributed by atoms with Crippen LogP contribution in [0.15, 0.2) is 49.6 Å². The number of aliphatic hydroxyl groups excluding tert-OH is 1. The minimum Gasteiger partial charge on any atom is -0.494 e. The van der Waals surface area contributed by atoms with Gasteiger partial charge in [0.2, 0.25) is 17.7 Å². The average molecular weight is 596 g/mol. The number of unbranched alkanes of at least 4 members (excludes halogenated alkanes) is 3. The van der Waals surface area contributed by atoms with E-state index in [0.29, 0.717) is 56.8 Å². The highest BCUT2D eigenvalue weighted by molar-refractivity contribution is 6.03. The molecule has 0 radical (unpaired) electrons. The van der Waals surface area contributed by atoms with E-state index in [1.807, 2.05) is 52.0 Å². The summed E-state index contributed by atoms with van der Waals surface area (Å²) in [5.74, 6) is -1.35. The Kier molecular flexibility index (Phi) is 10.4. The molecule has 3 heterocycles. The number of rotatable bonds is 16. The molecule has 9 heteroatoms. The number of nitrogens with zero attached hydrogens (tertiary/aromatic N) is 3. The van der Waals surface area contributed by atoms with Gasteiger partial charge in [0.1, 0.15) is 17.4 Å². The van der Waals surface area contributed by atoms with Crippen LogP contribution in [0.3, 0.4) is 0 Å². The number of benzene rings is 1. The molecular weight excluding hydrogens is 546 g/mol. The molecule has 3 fully saturated rings. The third kappa shape index (κ3) is 5.98. The Labute approximate surface area is 256 Å². The monoisotopic (exact) mass is 595 g/mol. The van der Waals surface area contributed by atoms with Crippen molar-refractivity contribution >= 4 is 23.4 Å². The largest absolute Gasteiger partial charge is 0.494 e. The van der Waals surface area contributed by atoms with Crippen molar-refractivity contribution in [2.24, 2.45) is 11.8 Å². The second-order valence-electron chi connectivity index (χ2n) is 12.4. The molecule has 3 aliphatic heterocycles. The Morgan fingerprint density at radius 1 is 1.09 bits per heavy atom. The van der Waals surface area contributed by atoms with Gasteiger partial charge in [-0.3, -0.25) is 14.4 Å². The molecule has 1 aromatic carbocycles. The maximum atomic E-state index is 14.6. The smallest absolute Gasteiger partial charge is 0.248 e. The molecule has 3 saturated heterocycles. The third-order valence-electron chi connectivity index (χ3n) is 9.35. The SMILES string of the molecule is C=CCN(C(=O)[C@@H]1[C@H]2C(=O)N(CCCCCCO)C(C(=O)N(CC=C)C(C)C)C23CC[C@@]1(C)O3)c1ccc(OCC)cc1. The van der Waals surface area contributed by atoms with Crippen molar-refractivity contribution in [1.29, 1.82) is 0 Å². The van der Waals surface area contributed by atoms with Crippen LogP contribution in [0.4, 0.5) is 5.69 Å². The van der Waals surface area contributed by atoms with E-state index >= 15 is 0 Å². The van der Waals surface area contributed by atoms with Crippen molar-refractivity contribution in [2.45, 2.75) is 89.5 Å². The number of ether oxygens (including phenoxy) is 2. The fourth-order valence-corrected chi connectivity index (χ4v) is 7.43. The summed E-state index contributed by atoms with van der Waals surface area (Å²) < 4.78 is 12.4. The van der Waals surface area contributed by atoms with E-state index in [2.05, 4.69) is 13.2 Å². The predicted octanol–water partition coefficient (Wildman–Crippen LogP) is 4.34. The van der Waals surface area contributed by atoms with Crippen LogP contribution in [0.2, 0.25) is 0 Å². The van der Waals surface area contributed by atoms with Crippen LogP contribution in [-0.4, -0.2) is 88.8 Å². The van der Waals surface area contributed by atoms with E-state index in [9.17, 15) is 19.5 Å². The molecule has 1 spiro atoms. The minimum absolute atomic E-state index is 0.100. The van der Waals surface area contributed by atoms with Crippen molar-refractivity contribution < 1.29 is 29.0 Å². The first-order chi connectivity index (χ1) is 20.6. The Morgan fingerprint density at radius 2 is 1.77 bits per heavy atom. The molecule has 3 aliphatic rings. The lowest BCUT2D eigenvalue weighted by Crippen LogP contribution is -2.57. The standard InChI is InChI=1S/C34H49N3O6/c1-7-20-35(24(4)5)32(41)29-34-19-18-33(6,43-34)27(28(34)31(40)37(29)22-12-10-11-13-23-38)30(39)36(21-8-2)25-14-16-26(17-15-25)42-9-3/h7-8,14-17,24,27-29,38H,1-2,9-13,18-23H2,3-6H3/t27-,28-,29?,33+,34?/m0/s1. The van der Waals surface area contributed by atoms with Crippen molar-refractivity contribution in [3.63, 3.8) is 0 Å². The number of carbonyl (C=O) groups excluding carboxylic acids is 3. The van der Waals surface area contributed by atoms with Gasteiger partial charge in [-0.1, -0.05) is 25.0 Å². The summed E-state index contributed by atoms with van der Waals surface area (Å²) in [5.41, 5.74) is -1.28. The number of carbonyl (C=O) groups is 3. The molecule has 3 amide bonds. The Bertz CT molecular complexity index is 1190. The molecule has 4 rings (SSSR count). The summed E-state index contributed by atoms with van der Waals surface area (Å²) in [6.45, 7) is 17.2. The highest BCUT2D eigenvalue weighted by Gasteiger charge is 2.78. The zero-order valence-electron chi connectivity index (χ0n) is 26.3. The van der Waals surface area contributed by atoms with Crippen molar-refractivity contribution in [3.8, 4) is 5.75 Å². The predicted molar refractivity (Wildman–Crippen MR) is 167 cm³/mol. The van der Waals surface area contributed by atoms with E-state index in [4.69, 9.17) is 9.47 Å². The fourth-order valence-electron chi connectivity index (χ4n) is 7.43. The summed E-state index contributed by atoms with van der Waals surface area (Å²) in [7, 11) is 0. The minimum atomic E-state index is -1.08. The van der Waals surface area contributed by atoms with Gasteiger partial charge in [0.05, 0.1) is 24.0 Å². The van der Waals surface area contributed by atoms with Gasteiger partial charge in [0, 0.05) is 38.0 Å². The molecule has 43 heavy (non-hydrogen) atoms. The van der Waals surface area contributed by atoms with Crippen LogP contribution in [0, 0.1) is 11.8 Å². The van der Waals surface area contributed by atoms with Crippen molar-refractivity contribution in [3.05, 3.63) is 49.6 Å².